The Balaban J connectivity index is 2.22. The number of carbonyl (C=O) groups is 1. The van der Waals surface area contributed by atoms with Crippen LogP contribution in [0.1, 0.15) is 37.5 Å². The zero-order chi connectivity index (χ0) is 13.3. The molecule has 0 unspecified atom stereocenters. The zero-order valence-electron chi connectivity index (χ0n) is 11.4. The van der Waals surface area contributed by atoms with Crippen molar-refractivity contribution in [1.29, 1.82) is 0 Å². The van der Waals surface area contributed by atoms with Crippen molar-refractivity contribution < 1.29 is 9.90 Å². The van der Waals surface area contributed by atoms with Crippen LogP contribution in [0.25, 0.3) is 0 Å². The van der Waals surface area contributed by atoms with Crippen molar-refractivity contribution in [1.82, 2.24) is 4.90 Å². The van der Waals surface area contributed by atoms with E-state index in [1.807, 2.05) is 4.90 Å². The van der Waals surface area contributed by atoms with Gasteiger partial charge in [-0.25, -0.2) is 0 Å². The van der Waals surface area contributed by atoms with Gasteiger partial charge in [0.2, 0.25) is 0 Å². The number of hydrogen-bond donors (Lipinski definition) is 1. The fraction of sp³-hybridized carbons (Fsp3) is 0.533. The summed E-state index contributed by atoms with van der Waals surface area (Å²) < 4.78 is 0. The molecule has 98 valence electrons. The van der Waals surface area contributed by atoms with Crippen LogP contribution in [0.2, 0.25) is 0 Å². The van der Waals surface area contributed by atoms with Gasteiger partial charge in [0.15, 0.2) is 0 Å². The quantitative estimate of drug-likeness (QED) is 0.872. The van der Waals surface area contributed by atoms with Crippen LogP contribution >= 0.6 is 0 Å². The van der Waals surface area contributed by atoms with E-state index in [1.54, 1.807) is 0 Å². The highest BCUT2D eigenvalue weighted by Crippen LogP contribution is 2.27. The molecule has 1 heterocycles. The molecule has 2 rings (SSSR count). The molecule has 1 aromatic rings. The number of rotatable bonds is 2. The number of carboxylic acid groups (broad SMARTS) is 1. The summed E-state index contributed by atoms with van der Waals surface area (Å²) in [6.07, 6.45) is 0.951. The Morgan fingerprint density at radius 3 is 2.67 bits per heavy atom. The van der Waals surface area contributed by atoms with Crippen LogP contribution in [-0.2, 0) is 23.2 Å². The van der Waals surface area contributed by atoms with E-state index < -0.39 is 5.97 Å². The second-order valence-electron chi connectivity index (χ2n) is 6.09. The number of hydrogen-bond acceptors (Lipinski definition) is 2. The minimum atomic E-state index is -0.745. The standard InChI is InChI=1S/C15H21NO2/c1-15(2,3)13-5-4-11-6-7-16(10-14(17)18)9-12(11)8-13/h4-5,8H,6-7,9-10H2,1-3H3,(H,17,18). The number of fused-ring (bicyclic) bond motifs is 1. The van der Waals surface area contributed by atoms with Gasteiger partial charge in [0, 0.05) is 13.1 Å². The van der Waals surface area contributed by atoms with Crippen LogP contribution in [0, 0.1) is 0 Å². The minimum absolute atomic E-state index is 0.138. The first-order valence-electron chi connectivity index (χ1n) is 6.43. The summed E-state index contributed by atoms with van der Waals surface area (Å²) in [5, 5.41) is 8.86. The normalized spacial score (nSPS) is 16.4. The number of carboxylic acids is 1. The van der Waals surface area contributed by atoms with Gasteiger partial charge in [-0.15, -0.1) is 0 Å². The van der Waals surface area contributed by atoms with Crippen LogP contribution in [0.5, 0.6) is 0 Å². The van der Waals surface area contributed by atoms with Crippen molar-refractivity contribution >= 4 is 5.97 Å². The monoisotopic (exact) mass is 247 g/mol. The minimum Gasteiger partial charge on any atom is -0.480 e. The molecule has 0 atom stereocenters. The van der Waals surface area contributed by atoms with Gasteiger partial charge in [-0.3, -0.25) is 9.69 Å². The highest BCUT2D eigenvalue weighted by Gasteiger charge is 2.21. The Morgan fingerprint density at radius 1 is 1.33 bits per heavy atom. The predicted octanol–water partition coefficient (Wildman–Crippen LogP) is 2.43. The Hall–Kier alpha value is -1.35. The molecule has 0 saturated carbocycles. The second kappa shape index (κ2) is 4.73. The Bertz CT molecular complexity index is 460. The van der Waals surface area contributed by atoms with E-state index in [2.05, 4.69) is 39.0 Å². The van der Waals surface area contributed by atoms with Gasteiger partial charge >= 0.3 is 5.97 Å². The first-order chi connectivity index (χ1) is 8.36. The maximum Gasteiger partial charge on any atom is 0.317 e. The Labute approximate surface area is 108 Å². The molecule has 1 aliphatic heterocycles. The highest BCUT2D eigenvalue weighted by atomic mass is 16.4. The van der Waals surface area contributed by atoms with Crippen LogP contribution in [-0.4, -0.2) is 29.1 Å². The van der Waals surface area contributed by atoms with E-state index in [0.29, 0.717) is 0 Å². The molecule has 0 spiro atoms. The molecular formula is C15H21NO2. The van der Waals surface area contributed by atoms with Crippen LogP contribution in [0.4, 0.5) is 0 Å². The summed E-state index contributed by atoms with van der Waals surface area (Å²) in [4.78, 5) is 12.8. The van der Waals surface area contributed by atoms with E-state index in [9.17, 15) is 4.79 Å². The molecule has 0 fully saturated rings. The third-order valence-corrected chi connectivity index (χ3v) is 3.52. The third-order valence-electron chi connectivity index (χ3n) is 3.52. The summed E-state index contributed by atoms with van der Waals surface area (Å²) in [6, 6.07) is 6.64. The van der Waals surface area contributed by atoms with Crippen LogP contribution < -0.4 is 0 Å². The van der Waals surface area contributed by atoms with Gasteiger partial charge in [0.25, 0.3) is 0 Å². The van der Waals surface area contributed by atoms with E-state index in [4.69, 9.17) is 5.11 Å². The van der Waals surface area contributed by atoms with Crippen LogP contribution in [0.3, 0.4) is 0 Å². The largest absolute Gasteiger partial charge is 0.480 e. The van der Waals surface area contributed by atoms with Crippen molar-refractivity contribution in [2.45, 2.75) is 39.2 Å². The molecule has 18 heavy (non-hydrogen) atoms. The van der Waals surface area contributed by atoms with Crippen LogP contribution in [0.15, 0.2) is 18.2 Å². The fourth-order valence-electron chi connectivity index (χ4n) is 2.41. The van der Waals surface area contributed by atoms with E-state index in [1.165, 1.54) is 16.7 Å². The van der Waals surface area contributed by atoms with Crippen molar-refractivity contribution in [2.75, 3.05) is 13.1 Å². The molecule has 1 N–H and O–H groups in total. The zero-order valence-corrected chi connectivity index (χ0v) is 11.4. The molecule has 0 bridgehead atoms. The van der Waals surface area contributed by atoms with E-state index in [0.717, 1.165) is 19.5 Å². The molecule has 0 aliphatic carbocycles. The first-order valence-corrected chi connectivity index (χ1v) is 6.43. The second-order valence-corrected chi connectivity index (χ2v) is 6.09. The summed E-state index contributed by atoms with van der Waals surface area (Å²) in [5.74, 6) is -0.745. The smallest absolute Gasteiger partial charge is 0.317 e. The topological polar surface area (TPSA) is 40.5 Å². The van der Waals surface area contributed by atoms with Gasteiger partial charge in [0.05, 0.1) is 6.54 Å². The van der Waals surface area contributed by atoms with Gasteiger partial charge in [-0.05, 0) is 28.5 Å². The van der Waals surface area contributed by atoms with Gasteiger partial charge in [0.1, 0.15) is 0 Å². The Kier molecular flexibility index (Phi) is 3.44. The van der Waals surface area contributed by atoms with Gasteiger partial charge in [-0.1, -0.05) is 39.0 Å². The van der Waals surface area contributed by atoms with Crippen molar-refractivity contribution in [3.05, 3.63) is 34.9 Å². The lowest BCUT2D eigenvalue weighted by Gasteiger charge is -2.29. The van der Waals surface area contributed by atoms with Gasteiger partial charge < -0.3 is 5.11 Å². The van der Waals surface area contributed by atoms with E-state index in [-0.39, 0.29) is 12.0 Å². The molecule has 0 saturated heterocycles. The average Bonchev–Trinajstić information content (AvgIpc) is 2.26. The summed E-state index contributed by atoms with van der Waals surface area (Å²) >= 11 is 0. The maximum atomic E-state index is 10.8. The van der Waals surface area contributed by atoms with Crippen molar-refractivity contribution in [3.8, 4) is 0 Å². The maximum absolute atomic E-state index is 10.8. The lowest BCUT2D eigenvalue weighted by atomic mass is 9.84. The number of nitrogens with zero attached hydrogens (tertiary/aromatic N) is 1. The molecule has 3 nitrogen and oxygen atoms in total. The highest BCUT2D eigenvalue weighted by molar-refractivity contribution is 5.69. The van der Waals surface area contributed by atoms with E-state index >= 15 is 0 Å². The lowest BCUT2D eigenvalue weighted by Crippen LogP contribution is -2.35. The molecule has 3 heteroatoms. The fourth-order valence-corrected chi connectivity index (χ4v) is 2.41. The average molecular weight is 247 g/mol. The summed E-state index contributed by atoms with van der Waals surface area (Å²) in [5.41, 5.74) is 4.11. The first kappa shape index (κ1) is 13.1. The summed E-state index contributed by atoms with van der Waals surface area (Å²) in [6.45, 7) is 8.34. The van der Waals surface area contributed by atoms with Crippen molar-refractivity contribution in [3.63, 3.8) is 0 Å². The Morgan fingerprint density at radius 2 is 2.06 bits per heavy atom. The molecule has 0 radical (unpaired) electrons. The summed E-state index contributed by atoms with van der Waals surface area (Å²) in [7, 11) is 0. The molecule has 0 amide bonds. The van der Waals surface area contributed by atoms with Gasteiger partial charge in [-0.2, -0.15) is 0 Å². The van der Waals surface area contributed by atoms with Crippen molar-refractivity contribution in [2.24, 2.45) is 0 Å². The SMILES string of the molecule is CC(C)(C)c1ccc2c(c1)CN(CC(=O)O)CC2. The predicted molar refractivity (Wildman–Crippen MR) is 71.8 cm³/mol. The third kappa shape index (κ3) is 2.91. The molecule has 1 aliphatic rings. The number of aliphatic carboxylic acids is 1. The lowest BCUT2D eigenvalue weighted by molar-refractivity contribution is -0.138. The molecular weight excluding hydrogens is 226 g/mol. The molecule has 0 aromatic heterocycles. The molecule has 1 aromatic carbocycles. The number of benzene rings is 1.